The van der Waals surface area contributed by atoms with Gasteiger partial charge in [0.2, 0.25) is 5.91 Å². The Morgan fingerprint density at radius 1 is 1.13 bits per heavy atom. The van der Waals surface area contributed by atoms with E-state index >= 15 is 0 Å². The number of amides is 2. The highest BCUT2D eigenvalue weighted by atomic mass is 16.5. The third kappa shape index (κ3) is 4.54. The molecule has 2 aliphatic carbocycles. The summed E-state index contributed by atoms with van der Waals surface area (Å²) in [4.78, 5) is 29.5. The molecule has 1 atom stereocenters. The average molecular weight is 416 g/mol. The Kier molecular flexibility index (Phi) is 5.78. The number of fused-ring (bicyclic) bond motifs is 1. The van der Waals surface area contributed by atoms with Gasteiger partial charge in [-0.1, -0.05) is 0 Å². The van der Waals surface area contributed by atoms with Gasteiger partial charge in [0.1, 0.15) is 6.61 Å². The topological polar surface area (TPSA) is 90.6 Å². The van der Waals surface area contributed by atoms with Gasteiger partial charge >= 0.3 is 0 Å². The van der Waals surface area contributed by atoms with Crippen molar-refractivity contribution < 1.29 is 14.3 Å². The van der Waals surface area contributed by atoms with Gasteiger partial charge in [-0.15, -0.1) is 0 Å². The molecule has 30 heavy (non-hydrogen) atoms. The first kappa shape index (κ1) is 20.0. The molecule has 2 saturated heterocycles. The first-order valence-corrected chi connectivity index (χ1v) is 11.6. The summed E-state index contributed by atoms with van der Waals surface area (Å²) in [6, 6.07) is 0. The van der Waals surface area contributed by atoms with E-state index in [9.17, 15) is 9.59 Å². The molecule has 1 aromatic rings. The summed E-state index contributed by atoms with van der Waals surface area (Å²) < 4.78 is 5.70. The van der Waals surface area contributed by atoms with Crippen molar-refractivity contribution in [3.05, 3.63) is 17.0 Å². The lowest BCUT2D eigenvalue weighted by atomic mass is 9.95. The Hall–Kier alpha value is -1.93. The molecule has 8 nitrogen and oxygen atoms in total. The van der Waals surface area contributed by atoms with Crippen molar-refractivity contribution in [2.45, 2.75) is 51.0 Å². The number of morpholine rings is 1. The van der Waals surface area contributed by atoms with E-state index in [1.165, 1.54) is 32.2 Å². The largest absolute Gasteiger partial charge is 0.365 e. The van der Waals surface area contributed by atoms with Gasteiger partial charge in [0.05, 0.1) is 6.10 Å². The molecule has 4 aliphatic rings. The Labute approximate surface area is 177 Å². The highest BCUT2D eigenvalue weighted by molar-refractivity contribution is 5.94. The Balaban J connectivity index is 1.08. The molecule has 2 aliphatic heterocycles. The molecule has 164 valence electrons. The van der Waals surface area contributed by atoms with E-state index < -0.39 is 0 Å². The zero-order chi connectivity index (χ0) is 20.5. The maximum Gasteiger partial charge on any atom is 0.272 e. The summed E-state index contributed by atoms with van der Waals surface area (Å²) in [5, 5.41) is 10.1. The summed E-state index contributed by atoms with van der Waals surface area (Å²) >= 11 is 0. The lowest BCUT2D eigenvalue weighted by Gasteiger charge is -2.38. The van der Waals surface area contributed by atoms with Crippen molar-refractivity contribution in [1.29, 1.82) is 0 Å². The fraction of sp³-hybridized carbons (Fsp3) is 0.773. The molecule has 0 spiro atoms. The second-order valence-corrected chi connectivity index (χ2v) is 9.51. The van der Waals surface area contributed by atoms with Crippen molar-refractivity contribution in [1.82, 2.24) is 25.3 Å². The molecule has 3 heterocycles. The molecule has 3 fully saturated rings. The maximum absolute atomic E-state index is 12.5. The van der Waals surface area contributed by atoms with E-state index in [2.05, 4.69) is 20.4 Å². The molecule has 2 N–H and O–H groups in total. The molecular formula is C22H33N5O3. The number of aromatic amines is 1. The molecule has 1 saturated carbocycles. The maximum atomic E-state index is 12.5. The Morgan fingerprint density at radius 2 is 1.93 bits per heavy atom. The number of hydrogen-bond donors (Lipinski definition) is 2. The van der Waals surface area contributed by atoms with Crippen LogP contribution in [0.4, 0.5) is 0 Å². The number of ether oxygens (including phenoxy) is 1. The first-order valence-electron chi connectivity index (χ1n) is 11.6. The smallest absolute Gasteiger partial charge is 0.272 e. The third-order valence-corrected chi connectivity index (χ3v) is 7.13. The van der Waals surface area contributed by atoms with Gasteiger partial charge in [0.25, 0.3) is 5.91 Å². The zero-order valence-corrected chi connectivity index (χ0v) is 17.7. The molecule has 0 aromatic carbocycles. The zero-order valence-electron chi connectivity index (χ0n) is 17.7. The summed E-state index contributed by atoms with van der Waals surface area (Å²) in [7, 11) is 0. The number of rotatable bonds is 7. The van der Waals surface area contributed by atoms with Crippen LogP contribution in [0, 0.1) is 11.8 Å². The number of aromatic nitrogens is 2. The summed E-state index contributed by atoms with van der Waals surface area (Å²) in [5.41, 5.74) is 2.67. The summed E-state index contributed by atoms with van der Waals surface area (Å²) in [6.07, 6.45) is 7.95. The summed E-state index contributed by atoms with van der Waals surface area (Å²) in [5.74, 6) is 1.44. The molecule has 1 aromatic heterocycles. The van der Waals surface area contributed by atoms with Crippen LogP contribution in [0.5, 0.6) is 0 Å². The van der Waals surface area contributed by atoms with Crippen molar-refractivity contribution >= 4 is 11.8 Å². The van der Waals surface area contributed by atoms with Crippen LogP contribution < -0.4 is 5.32 Å². The number of likely N-dealkylation sites (tertiary alicyclic amines) is 1. The molecule has 2 amide bonds. The molecule has 0 radical (unpaired) electrons. The third-order valence-electron chi connectivity index (χ3n) is 7.13. The van der Waals surface area contributed by atoms with E-state index in [1.54, 1.807) is 0 Å². The van der Waals surface area contributed by atoms with E-state index in [0.29, 0.717) is 24.7 Å². The number of H-pyrrole nitrogens is 1. The predicted octanol–water partition coefficient (Wildman–Crippen LogP) is 0.978. The number of piperidine rings is 1. The van der Waals surface area contributed by atoms with Crippen LogP contribution >= 0.6 is 0 Å². The fourth-order valence-corrected chi connectivity index (χ4v) is 5.11. The van der Waals surface area contributed by atoms with E-state index in [0.717, 1.165) is 56.1 Å². The van der Waals surface area contributed by atoms with Crippen molar-refractivity contribution in [3.8, 4) is 0 Å². The van der Waals surface area contributed by atoms with Crippen molar-refractivity contribution in [2.75, 3.05) is 45.9 Å². The van der Waals surface area contributed by atoms with Gasteiger partial charge < -0.3 is 19.9 Å². The van der Waals surface area contributed by atoms with Gasteiger partial charge in [0.15, 0.2) is 5.69 Å². The second kappa shape index (κ2) is 8.67. The molecule has 0 unspecified atom stereocenters. The minimum Gasteiger partial charge on any atom is -0.365 e. The lowest BCUT2D eigenvalue weighted by Crippen LogP contribution is -2.52. The van der Waals surface area contributed by atoms with Gasteiger partial charge in [0, 0.05) is 37.4 Å². The molecular weight excluding hydrogens is 382 g/mol. The van der Waals surface area contributed by atoms with Gasteiger partial charge in [-0.25, -0.2) is 0 Å². The SMILES string of the molecule is O=C(NC[C@H]1CN(CC2CCN(CC3CC3)CC2)C(=O)CO1)c1n[nH]c2c1CCC2. The molecule has 0 bridgehead atoms. The lowest BCUT2D eigenvalue weighted by molar-refractivity contribution is -0.149. The minimum absolute atomic E-state index is 0.0723. The average Bonchev–Trinajstić information content (AvgIpc) is 3.28. The molecule has 5 rings (SSSR count). The number of carbonyl (C=O) groups excluding carboxylic acids is 2. The Morgan fingerprint density at radius 3 is 2.73 bits per heavy atom. The van der Waals surface area contributed by atoms with Gasteiger partial charge in [-0.05, 0) is 69.9 Å². The highest BCUT2D eigenvalue weighted by Gasteiger charge is 2.32. The van der Waals surface area contributed by atoms with Gasteiger partial charge in [-0.3, -0.25) is 14.7 Å². The van der Waals surface area contributed by atoms with Gasteiger partial charge in [-0.2, -0.15) is 5.10 Å². The van der Waals surface area contributed by atoms with Crippen LogP contribution in [-0.2, 0) is 22.4 Å². The van der Waals surface area contributed by atoms with Crippen LogP contribution in [0.3, 0.4) is 0 Å². The van der Waals surface area contributed by atoms with Crippen LogP contribution in [-0.4, -0.2) is 83.8 Å². The number of carbonyl (C=O) groups is 2. The van der Waals surface area contributed by atoms with Crippen molar-refractivity contribution in [2.24, 2.45) is 11.8 Å². The van der Waals surface area contributed by atoms with Crippen LogP contribution in [0.15, 0.2) is 0 Å². The number of aryl methyl sites for hydroxylation is 1. The number of hydrogen-bond acceptors (Lipinski definition) is 5. The number of nitrogens with one attached hydrogen (secondary N) is 2. The predicted molar refractivity (Wildman–Crippen MR) is 111 cm³/mol. The number of nitrogens with zero attached hydrogens (tertiary/aromatic N) is 3. The second-order valence-electron chi connectivity index (χ2n) is 9.51. The van der Waals surface area contributed by atoms with Crippen molar-refractivity contribution in [3.63, 3.8) is 0 Å². The fourth-order valence-electron chi connectivity index (χ4n) is 5.11. The van der Waals surface area contributed by atoms with Crippen LogP contribution in [0.1, 0.15) is 53.8 Å². The Bertz CT molecular complexity index is 782. The minimum atomic E-state index is -0.159. The standard InChI is InChI=1S/C22H33N5O3/c28-20-14-30-17(10-23-22(29)21-18-2-1-3-19(18)24-25-21)13-27(20)12-16-6-8-26(9-7-16)11-15-4-5-15/h15-17H,1-14H2,(H,23,29)(H,24,25)/t17-/m0/s1. The summed E-state index contributed by atoms with van der Waals surface area (Å²) in [6.45, 7) is 5.48. The van der Waals surface area contributed by atoms with Crippen LogP contribution in [0.25, 0.3) is 0 Å². The van der Waals surface area contributed by atoms with E-state index in [1.807, 2.05) is 4.90 Å². The van der Waals surface area contributed by atoms with Crippen LogP contribution in [0.2, 0.25) is 0 Å². The molecule has 8 heteroatoms. The quantitative estimate of drug-likeness (QED) is 0.693. The normalized spacial score (nSPS) is 25.5. The van der Waals surface area contributed by atoms with E-state index in [4.69, 9.17) is 4.74 Å². The first-order chi connectivity index (χ1) is 14.7. The monoisotopic (exact) mass is 415 g/mol. The van der Waals surface area contributed by atoms with E-state index in [-0.39, 0.29) is 24.5 Å². The highest BCUT2D eigenvalue weighted by Crippen LogP contribution is 2.31.